The van der Waals surface area contributed by atoms with Crippen LogP contribution in [0, 0.1) is 0 Å². The number of carbonyl (C=O) groups is 2. The highest BCUT2D eigenvalue weighted by Crippen LogP contribution is 2.34. The molecule has 172 valence electrons. The Bertz CT molecular complexity index is 1330. The lowest BCUT2D eigenvalue weighted by molar-refractivity contribution is 0.0723. The van der Waals surface area contributed by atoms with Gasteiger partial charge in [-0.15, -0.1) is 0 Å². The Kier molecular flexibility index (Phi) is 6.59. The highest BCUT2D eigenvalue weighted by molar-refractivity contribution is 5.91. The number of aromatic nitrogens is 2. The molecule has 0 aliphatic rings. The third-order valence-electron chi connectivity index (χ3n) is 5.12. The zero-order valence-electron chi connectivity index (χ0n) is 18.8. The standard InChI is InChI=1S/C26H22N2O6/c1-31-22-12-10-18(14-25(22)33-3)21-15-20(27-28(21)19-7-5-4-6-8-19)26(30)34-23-11-9-17(16-29)13-24(23)32-2/h4-16H,1-3H3. The number of nitrogens with zero attached hydrogens (tertiary/aromatic N) is 2. The summed E-state index contributed by atoms with van der Waals surface area (Å²) in [4.78, 5) is 24.1. The number of carbonyl (C=O) groups excluding carboxylic acids is 2. The number of methoxy groups -OCH3 is 3. The fourth-order valence-corrected chi connectivity index (χ4v) is 3.44. The molecule has 4 rings (SSSR count). The molecule has 0 N–H and O–H groups in total. The number of aldehydes is 1. The number of hydrogen-bond acceptors (Lipinski definition) is 7. The van der Waals surface area contributed by atoms with E-state index in [1.807, 2.05) is 42.5 Å². The monoisotopic (exact) mass is 458 g/mol. The van der Waals surface area contributed by atoms with E-state index in [9.17, 15) is 9.59 Å². The number of para-hydroxylation sites is 1. The molecule has 1 heterocycles. The van der Waals surface area contributed by atoms with E-state index in [-0.39, 0.29) is 17.2 Å². The quantitative estimate of drug-likeness (QED) is 0.217. The first-order chi connectivity index (χ1) is 16.6. The van der Waals surface area contributed by atoms with Gasteiger partial charge in [0, 0.05) is 11.1 Å². The molecule has 0 fully saturated rings. The van der Waals surface area contributed by atoms with Crippen molar-refractivity contribution < 1.29 is 28.5 Å². The summed E-state index contributed by atoms with van der Waals surface area (Å²) in [6.45, 7) is 0. The molecule has 0 unspecified atom stereocenters. The molecule has 0 radical (unpaired) electrons. The maximum absolute atomic E-state index is 13.0. The van der Waals surface area contributed by atoms with Gasteiger partial charge in [-0.3, -0.25) is 4.79 Å². The SMILES string of the molecule is COc1ccc(-c2cc(C(=O)Oc3ccc(C=O)cc3OC)nn2-c2ccccc2)cc1OC. The zero-order chi connectivity index (χ0) is 24.1. The molecule has 0 atom stereocenters. The molecule has 0 bridgehead atoms. The normalized spacial score (nSPS) is 10.4. The number of rotatable bonds is 8. The zero-order valence-corrected chi connectivity index (χ0v) is 18.8. The van der Waals surface area contributed by atoms with Gasteiger partial charge in [0.2, 0.25) is 0 Å². The van der Waals surface area contributed by atoms with Gasteiger partial charge >= 0.3 is 5.97 Å². The van der Waals surface area contributed by atoms with Gasteiger partial charge in [-0.25, -0.2) is 9.48 Å². The predicted octanol–water partition coefficient (Wildman–Crippen LogP) is 4.60. The van der Waals surface area contributed by atoms with Crippen molar-refractivity contribution in [2.24, 2.45) is 0 Å². The van der Waals surface area contributed by atoms with Gasteiger partial charge in [-0.1, -0.05) is 18.2 Å². The fraction of sp³-hybridized carbons (Fsp3) is 0.115. The summed E-state index contributed by atoms with van der Waals surface area (Å²) in [5.41, 5.74) is 2.68. The Labute approximate surface area is 196 Å². The number of ether oxygens (including phenoxy) is 4. The van der Waals surface area contributed by atoms with E-state index in [2.05, 4.69) is 5.10 Å². The number of hydrogen-bond donors (Lipinski definition) is 0. The van der Waals surface area contributed by atoms with Crippen LogP contribution in [0.3, 0.4) is 0 Å². The molecule has 8 heteroatoms. The summed E-state index contributed by atoms with van der Waals surface area (Å²) in [6.07, 6.45) is 0.686. The third-order valence-corrected chi connectivity index (χ3v) is 5.12. The molecule has 0 amide bonds. The van der Waals surface area contributed by atoms with E-state index in [0.717, 1.165) is 11.3 Å². The van der Waals surface area contributed by atoms with Gasteiger partial charge in [-0.2, -0.15) is 5.10 Å². The maximum atomic E-state index is 13.0. The van der Waals surface area contributed by atoms with Crippen molar-refractivity contribution in [3.05, 3.63) is 84.1 Å². The second-order valence-electron chi connectivity index (χ2n) is 7.15. The van der Waals surface area contributed by atoms with Crippen LogP contribution in [0.2, 0.25) is 0 Å². The molecule has 0 aliphatic heterocycles. The minimum atomic E-state index is -0.673. The molecule has 0 aliphatic carbocycles. The second-order valence-corrected chi connectivity index (χ2v) is 7.15. The van der Waals surface area contributed by atoms with Crippen LogP contribution in [0.5, 0.6) is 23.0 Å². The van der Waals surface area contributed by atoms with Crippen molar-refractivity contribution in [3.8, 4) is 39.9 Å². The number of esters is 1. The molecule has 0 saturated carbocycles. The largest absolute Gasteiger partial charge is 0.493 e. The summed E-state index contributed by atoms with van der Waals surface area (Å²) >= 11 is 0. The van der Waals surface area contributed by atoms with Gasteiger partial charge in [0.1, 0.15) is 6.29 Å². The lowest BCUT2D eigenvalue weighted by Gasteiger charge is -2.11. The first-order valence-corrected chi connectivity index (χ1v) is 10.3. The van der Waals surface area contributed by atoms with Crippen molar-refractivity contribution in [2.45, 2.75) is 0 Å². The summed E-state index contributed by atoms with van der Waals surface area (Å²) in [5, 5.41) is 4.51. The third kappa shape index (κ3) is 4.47. The van der Waals surface area contributed by atoms with Crippen LogP contribution in [0.1, 0.15) is 20.8 Å². The van der Waals surface area contributed by atoms with Crippen LogP contribution in [0.15, 0.2) is 72.8 Å². The minimum Gasteiger partial charge on any atom is -0.493 e. The van der Waals surface area contributed by atoms with Crippen molar-refractivity contribution >= 4 is 12.3 Å². The highest BCUT2D eigenvalue weighted by atomic mass is 16.6. The van der Waals surface area contributed by atoms with Gasteiger partial charge in [-0.05, 0) is 54.6 Å². The molecule has 0 spiro atoms. The fourth-order valence-electron chi connectivity index (χ4n) is 3.44. The van der Waals surface area contributed by atoms with Gasteiger partial charge in [0.15, 0.2) is 28.7 Å². The summed E-state index contributed by atoms with van der Waals surface area (Å²) < 4.78 is 23.2. The van der Waals surface area contributed by atoms with Gasteiger partial charge < -0.3 is 18.9 Å². The predicted molar refractivity (Wildman–Crippen MR) is 125 cm³/mol. The van der Waals surface area contributed by atoms with Crippen molar-refractivity contribution in [1.29, 1.82) is 0 Å². The van der Waals surface area contributed by atoms with Crippen LogP contribution >= 0.6 is 0 Å². The average molecular weight is 458 g/mol. The lowest BCUT2D eigenvalue weighted by atomic mass is 10.1. The maximum Gasteiger partial charge on any atom is 0.364 e. The van der Waals surface area contributed by atoms with E-state index in [1.54, 1.807) is 31.0 Å². The van der Waals surface area contributed by atoms with Gasteiger partial charge in [0.05, 0.1) is 32.7 Å². The van der Waals surface area contributed by atoms with Crippen LogP contribution in [0.25, 0.3) is 16.9 Å². The molecular weight excluding hydrogens is 436 g/mol. The van der Waals surface area contributed by atoms with E-state index in [4.69, 9.17) is 18.9 Å². The van der Waals surface area contributed by atoms with Crippen LogP contribution in [-0.4, -0.2) is 43.4 Å². The Morgan fingerprint density at radius 1 is 0.794 bits per heavy atom. The first-order valence-electron chi connectivity index (χ1n) is 10.3. The summed E-state index contributed by atoms with van der Waals surface area (Å²) in [5.74, 6) is 0.904. The van der Waals surface area contributed by atoms with E-state index < -0.39 is 5.97 Å². The van der Waals surface area contributed by atoms with Crippen LogP contribution < -0.4 is 18.9 Å². The van der Waals surface area contributed by atoms with E-state index in [0.29, 0.717) is 29.0 Å². The van der Waals surface area contributed by atoms with Crippen LogP contribution in [-0.2, 0) is 0 Å². The minimum absolute atomic E-state index is 0.0927. The second kappa shape index (κ2) is 9.91. The Morgan fingerprint density at radius 3 is 2.15 bits per heavy atom. The highest BCUT2D eigenvalue weighted by Gasteiger charge is 2.21. The Hall–Kier alpha value is -4.59. The molecule has 3 aromatic carbocycles. The van der Waals surface area contributed by atoms with E-state index >= 15 is 0 Å². The van der Waals surface area contributed by atoms with E-state index in [1.165, 1.54) is 25.3 Å². The summed E-state index contributed by atoms with van der Waals surface area (Å²) in [6, 6.07) is 21.1. The molecule has 1 aromatic heterocycles. The average Bonchev–Trinajstić information content (AvgIpc) is 3.34. The lowest BCUT2D eigenvalue weighted by Crippen LogP contribution is -2.11. The first kappa shape index (κ1) is 22.6. The topological polar surface area (TPSA) is 88.9 Å². The van der Waals surface area contributed by atoms with Crippen LogP contribution in [0.4, 0.5) is 0 Å². The summed E-state index contributed by atoms with van der Waals surface area (Å²) in [7, 11) is 4.55. The Morgan fingerprint density at radius 2 is 1.47 bits per heavy atom. The molecular formula is C26H22N2O6. The molecule has 34 heavy (non-hydrogen) atoms. The molecule has 8 nitrogen and oxygen atoms in total. The van der Waals surface area contributed by atoms with Crippen molar-refractivity contribution in [3.63, 3.8) is 0 Å². The molecule has 0 saturated heterocycles. The van der Waals surface area contributed by atoms with Crippen molar-refractivity contribution in [1.82, 2.24) is 9.78 Å². The smallest absolute Gasteiger partial charge is 0.364 e. The Balaban J connectivity index is 1.76. The number of benzene rings is 3. The molecule has 4 aromatic rings. The van der Waals surface area contributed by atoms with Crippen molar-refractivity contribution in [2.75, 3.05) is 21.3 Å². The van der Waals surface area contributed by atoms with Gasteiger partial charge in [0.25, 0.3) is 0 Å².